The van der Waals surface area contributed by atoms with Crippen molar-refractivity contribution in [3.8, 4) is 5.75 Å². The minimum Gasteiger partial charge on any atom is -0.483 e. The lowest BCUT2D eigenvalue weighted by molar-refractivity contribution is -0.132. The number of carbonyl (C=O) groups excluding carboxylic acids is 1. The van der Waals surface area contributed by atoms with E-state index >= 15 is 0 Å². The van der Waals surface area contributed by atoms with Gasteiger partial charge in [0.25, 0.3) is 5.91 Å². The predicted octanol–water partition coefficient (Wildman–Crippen LogP) is 4.46. The first-order chi connectivity index (χ1) is 13.2. The summed E-state index contributed by atoms with van der Waals surface area (Å²) in [6.45, 7) is 4.24. The lowest BCUT2D eigenvalue weighted by Crippen LogP contribution is -2.38. The van der Waals surface area contributed by atoms with Gasteiger partial charge in [-0.25, -0.2) is 0 Å². The minimum atomic E-state index is 0.112. The molecule has 2 aliphatic heterocycles. The Morgan fingerprint density at radius 2 is 1.81 bits per heavy atom. The second kappa shape index (κ2) is 8.83. The molecule has 4 nitrogen and oxygen atoms in total. The molecule has 0 bridgehead atoms. The maximum atomic E-state index is 12.7. The topological polar surface area (TPSA) is 32.8 Å². The fraction of sp³-hybridized carbons (Fsp3) is 0.682. The van der Waals surface area contributed by atoms with Crippen LogP contribution in [0.15, 0.2) is 18.2 Å². The molecule has 0 aromatic heterocycles. The van der Waals surface area contributed by atoms with Crippen molar-refractivity contribution in [2.24, 2.45) is 0 Å². The SMILES string of the molecule is O=C(COc1ccc(Cl)cc1C1CCCCC1)N1CCC(N2CCCC2)C1. The fourth-order valence-corrected chi connectivity index (χ4v) is 5.17. The van der Waals surface area contributed by atoms with E-state index in [2.05, 4.69) is 4.90 Å². The van der Waals surface area contributed by atoms with Crippen molar-refractivity contribution in [2.75, 3.05) is 32.8 Å². The lowest BCUT2D eigenvalue weighted by Gasteiger charge is -2.25. The van der Waals surface area contributed by atoms with Crippen molar-refractivity contribution in [1.82, 2.24) is 9.80 Å². The molecule has 5 heteroatoms. The van der Waals surface area contributed by atoms with E-state index in [4.69, 9.17) is 16.3 Å². The van der Waals surface area contributed by atoms with Crippen molar-refractivity contribution in [1.29, 1.82) is 0 Å². The average Bonchev–Trinajstić information content (AvgIpc) is 3.39. The summed E-state index contributed by atoms with van der Waals surface area (Å²) in [5, 5.41) is 0.752. The molecular weight excluding hydrogens is 360 g/mol. The zero-order valence-corrected chi connectivity index (χ0v) is 16.9. The van der Waals surface area contributed by atoms with Crippen LogP contribution in [0.5, 0.6) is 5.75 Å². The van der Waals surface area contributed by atoms with Gasteiger partial charge in [-0.2, -0.15) is 0 Å². The number of amides is 1. The first-order valence-corrected chi connectivity index (χ1v) is 11.0. The smallest absolute Gasteiger partial charge is 0.260 e. The Kier molecular flexibility index (Phi) is 6.24. The maximum Gasteiger partial charge on any atom is 0.260 e. The zero-order valence-electron chi connectivity index (χ0n) is 16.2. The third-order valence-corrected chi connectivity index (χ3v) is 6.78. The molecular formula is C22H31ClN2O2. The van der Waals surface area contributed by atoms with E-state index in [1.165, 1.54) is 63.6 Å². The second-order valence-electron chi connectivity index (χ2n) is 8.33. The molecule has 148 valence electrons. The molecule has 1 aliphatic carbocycles. The first-order valence-electron chi connectivity index (χ1n) is 10.6. The summed E-state index contributed by atoms with van der Waals surface area (Å²) < 4.78 is 6.02. The predicted molar refractivity (Wildman–Crippen MR) is 109 cm³/mol. The standard InChI is InChI=1S/C22H31ClN2O2/c23-18-8-9-21(20(14-18)17-6-2-1-3-7-17)27-16-22(26)25-13-10-19(15-25)24-11-4-5-12-24/h8-9,14,17,19H,1-7,10-13,15-16H2. The van der Waals surface area contributed by atoms with Gasteiger partial charge in [0.05, 0.1) is 0 Å². The Labute approximate surface area is 167 Å². The highest BCUT2D eigenvalue weighted by molar-refractivity contribution is 6.30. The van der Waals surface area contributed by atoms with E-state index in [1.54, 1.807) is 0 Å². The molecule has 27 heavy (non-hydrogen) atoms. The summed E-state index contributed by atoms with van der Waals surface area (Å²) >= 11 is 6.25. The van der Waals surface area contributed by atoms with Gasteiger partial charge in [-0.05, 0) is 74.9 Å². The number of carbonyl (C=O) groups is 1. The van der Waals surface area contributed by atoms with E-state index < -0.39 is 0 Å². The van der Waals surface area contributed by atoms with Gasteiger partial charge in [-0.3, -0.25) is 9.69 Å². The average molecular weight is 391 g/mol. The van der Waals surface area contributed by atoms with E-state index in [0.717, 1.165) is 30.3 Å². The Hall–Kier alpha value is -1.26. The van der Waals surface area contributed by atoms with Crippen molar-refractivity contribution in [2.45, 2.75) is 63.3 Å². The summed E-state index contributed by atoms with van der Waals surface area (Å²) in [5.74, 6) is 1.46. The van der Waals surface area contributed by atoms with Crippen LogP contribution in [0.3, 0.4) is 0 Å². The normalized spacial score (nSPS) is 24.5. The van der Waals surface area contributed by atoms with Crippen LogP contribution in [0, 0.1) is 0 Å². The van der Waals surface area contributed by atoms with E-state index in [0.29, 0.717) is 12.0 Å². The van der Waals surface area contributed by atoms with Crippen LogP contribution in [0.25, 0.3) is 0 Å². The molecule has 1 aromatic rings. The molecule has 1 unspecified atom stereocenters. The molecule has 2 heterocycles. The van der Waals surface area contributed by atoms with Gasteiger partial charge in [0.15, 0.2) is 6.61 Å². The number of halogens is 1. The van der Waals surface area contributed by atoms with Crippen LogP contribution in [-0.2, 0) is 4.79 Å². The highest BCUT2D eigenvalue weighted by Gasteiger charge is 2.31. The fourth-order valence-electron chi connectivity index (χ4n) is 4.99. The Morgan fingerprint density at radius 3 is 2.59 bits per heavy atom. The van der Waals surface area contributed by atoms with E-state index in [9.17, 15) is 4.79 Å². The van der Waals surface area contributed by atoms with Crippen LogP contribution in [0.2, 0.25) is 5.02 Å². The molecule has 1 aromatic carbocycles. The number of ether oxygens (including phenoxy) is 1. The van der Waals surface area contributed by atoms with Crippen LogP contribution < -0.4 is 4.74 Å². The highest BCUT2D eigenvalue weighted by atomic mass is 35.5. The monoisotopic (exact) mass is 390 g/mol. The van der Waals surface area contributed by atoms with Gasteiger partial charge < -0.3 is 9.64 Å². The summed E-state index contributed by atoms with van der Waals surface area (Å²) in [4.78, 5) is 17.2. The molecule has 2 saturated heterocycles. The van der Waals surface area contributed by atoms with Crippen LogP contribution in [0.4, 0.5) is 0 Å². The molecule has 3 aliphatic rings. The molecule has 1 atom stereocenters. The van der Waals surface area contributed by atoms with Gasteiger partial charge in [0.1, 0.15) is 5.75 Å². The molecule has 1 amide bonds. The third-order valence-electron chi connectivity index (χ3n) is 6.54. The second-order valence-corrected chi connectivity index (χ2v) is 8.77. The van der Waals surface area contributed by atoms with Gasteiger partial charge in [-0.1, -0.05) is 30.9 Å². The lowest BCUT2D eigenvalue weighted by atomic mass is 9.84. The molecule has 1 saturated carbocycles. The largest absolute Gasteiger partial charge is 0.483 e. The van der Waals surface area contributed by atoms with E-state index in [1.807, 2.05) is 23.1 Å². The van der Waals surface area contributed by atoms with Crippen molar-refractivity contribution < 1.29 is 9.53 Å². The van der Waals surface area contributed by atoms with Crippen molar-refractivity contribution in [3.05, 3.63) is 28.8 Å². The maximum absolute atomic E-state index is 12.7. The third kappa shape index (κ3) is 4.60. The quantitative estimate of drug-likeness (QED) is 0.743. The van der Waals surface area contributed by atoms with Gasteiger partial charge in [-0.15, -0.1) is 0 Å². The molecule has 0 N–H and O–H groups in total. The summed E-state index contributed by atoms with van der Waals surface area (Å²) in [6.07, 6.45) is 9.92. The number of benzene rings is 1. The number of nitrogens with zero attached hydrogens (tertiary/aromatic N) is 2. The summed E-state index contributed by atoms with van der Waals surface area (Å²) in [6, 6.07) is 6.39. The molecule has 0 radical (unpaired) electrons. The van der Waals surface area contributed by atoms with Crippen LogP contribution >= 0.6 is 11.6 Å². The minimum absolute atomic E-state index is 0.112. The van der Waals surface area contributed by atoms with Crippen LogP contribution in [-0.4, -0.2) is 54.5 Å². The van der Waals surface area contributed by atoms with Crippen molar-refractivity contribution in [3.63, 3.8) is 0 Å². The van der Waals surface area contributed by atoms with Gasteiger partial charge in [0.2, 0.25) is 0 Å². The number of hydrogen-bond acceptors (Lipinski definition) is 3. The van der Waals surface area contributed by atoms with E-state index in [-0.39, 0.29) is 12.5 Å². The summed E-state index contributed by atoms with van der Waals surface area (Å²) in [5.41, 5.74) is 1.19. The van der Waals surface area contributed by atoms with Crippen molar-refractivity contribution >= 4 is 17.5 Å². The molecule has 0 spiro atoms. The van der Waals surface area contributed by atoms with Gasteiger partial charge in [0, 0.05) is 24.2 Å². The Balaban J connectivity index is 1.35. The molecule has 3 fully saturated rings. The number of hydrogen-bond donors (Lipinski definition) is 0. The Bertz CT molecular complexity index is 654. The zero-order chi connectivity index (χ0) is 18.6. The van der Waals surface area contributed by atoms with Crippen LogP contribution in [0.1, 0.15) is 62.8 Å². The highest BCUT2D eigenvalue weighted by Crippen LogP contribution is 2.38. The number of rotatable bonds is 5. The summed E-state index contributed by atoms with van der Waals surface area (Å²) in [7, 11) is 0. The number of likely N-dealkylation sites (tertiary alicyclic amines) is 2. The van der Waals surface area contributed by atoms with Gasteiger partial charge >= 0.3 is 0 Å². The molecule has 4 rings (SSSR count). The Morgan fingerprint density at radius 1 is 1.04 bits per heavy atom. The first kappa shape index (κ1) is 19.1.